The summed E-state index contributed by atoms with van der Waals surface area (Å²) in [6, 6.07) is 13.2. The smallest absolute Gasteiger partial charge is 0.123 e. The molecular formula is C18H21BrFN. The number of halogens is 2. The Labute approximate surface area is 134 Å². The molecular weight excluding hydrogens is 329 g/mol. The zero-order valence-corrected chi connectivity index (χ0v) is 14.1. The Morgan fingerprint density at radius 1 is 1.14 bits per heavy atom. The number of rotatable bonds is 6. The van der Waals surface area contributed by atoms with Crippen molar-refractivity contribution in [3.63, 3.8) is 0 Å². The minimum Gasteiger partial charge on any atom is -0.378 e. The van der Waals surface area contributed by atoms with Crippen LogP contribution >= 0.6 is 15.9 Å². The first kappa shape index (κ1) is 16.0. The van der Waals surface area contributed by atoms with Crippen LogP contribution in [0, 0.1) is 12.7 Å². The van der Waals surface area contributed by atoms with Crippen molar-refractivity contribution in [1.82, 2.24) is 0 Å². The lowest BCUT2D eigenvalue weighted by Gasteiger charge is -2.22. The second-order valence-corrected chi connectivity index (χ2v) is 6.27. The Balaban J connectivity index is 2.23. The minimum absolute atomic E-state index is 0.188. The van der Waals surface area contributed by atoms with E-state index in [9.17, 15) is 4.39 Å². The fourth-order valence-electron chi connectivity index (χ4n) is 2.36. The fourth-order valence-corrected chi connectivity index (χ4v) is 2.72. The van der Waals surface area contributed by atoms with Gasteiger partial charge in [-0.1, -0.05) is 53.9 Å². The molecule has 2 rings (SSSR count). The molecule has 0 aliphatic heterocycles. The van der Waals surface area contributed by atoms with Crippen molar-refractivity contribution in [1.29, 1.82) is 0 Å². The molecule has 1 unspecified atom stereocenters. The molecule has 0 saturated heterocycles. The second kappa shape index (κ2) is 7.60. The summed E-state index contributed by atoms with van der Waals surface area (Å²) in [7, 11) is 0. The fraction of sp³-hybridized carbons (Fsp3) is 0.333. The van der Waals surface area contributed by atoms with Gasteiger partial charge in [0.25, 0.3) is 0 Å². The standard InChI is InChI=1S/C18H21BrFN/c1-3-4-5-17(14-7-10-16(20)11-8-14)21-18-12-15(19)9-6-13(18)2/h6-12,17,21H,3-5H2,1-2H3. The molecule has 0 spiro atoms. The highest BCUT2D eigenvalue weighted by atomic mass is 79.9. The maximum absolute atomic E-state index is 13.1. The molecule has 0 radical (unpaired) electrons. The molecule has 0 fully saturated rings. The average molecular weight is 350 g/mol. The molecule has 1 atom stereocenters. The van der Waals surface area contributed by atoms with Gasteiger partial charge < -0.3 is 5.32 Å². The Kier molecular flexibility index (Phi) is 5.80. The summed E-state index contributed by atoms with van der Waals surface area (Å²) in [5.74, 6) is -0.188. The Morgan fingerprint density at radius 3 is 2.52 bits per heavy atom. The number of nitrogens with one attached hydrogen (secondary N) is 1. The number of aryl methyl sites for hydroxylation is 1. The predicted molar refractivity (Wildman–Crippen MR) is 91.2 cm³/mol. The van der Waals surface area contributed by atoms with E-state index < -0.39 is 0 Å². The van der Waals surface area contributed by atoms with Gasteiger partial charge in [0.2, 0.25) is 0 Å². The van der Waals surface area contributed by atoms with Crippen LogP contribution in [0.15, 0.2) is 46.9 Å². The third-order valence-corrected chi connectivity index (χ3v) is 4.14. The monoisotopic (exact) mass is 349 g/mol. The zero-order valence-electron chi connectivity index (χ0n) is 12.5. The van der Waals surface area contributed by atoms with Crippen LogP contribution in [0.5, 0.6) is 0 Å². The van der Waals surface area contributed by atoms with E-state index in [-0.39, 0.29) is 11.9 Å². The highest BCUT2D eigenvalue weighted by Crippen LogP contribution is 2.28. The summed E-state index contributed by atoms with van der Waals surface area (Å²) in [6.45, 7) is 4.28. The van der Waals surface area contributed by atoms with Crippen LogP contribution in [0.4, 0.5) is 10.1 Å². The molecule has 0 saturated carbocycles. The third-order valence-electron chi connectivity index (χ3n) is 3.65. The molecule has 3 heteroatoms. The van der Waals surface area contributed by atoms with Gasteiger partial charge in [-0.3, -0.25) is 0 Å². The predicted octanol–water partition coefficient (Wildman–Crippen LogP) is 6.24. The van der Waals surface area contributed by atoms with Crippen molar-refractivity contribution in [2.75, 3.05) is 5.32 Å². The normalized spacial score (nSPS) is 12.2. The van der Waals surface area contributed by atoms with Crippen LogP contribution in [0.25, 0.3) is 0 Å². The van der Waals surface area contributed by atoms with Crippen LogP contribution in [-0.4, -0.2) is 0 Å². The molecule has 0 aliphatic rings. The van der Waals surface area contributed by atoms with Crippen LogP contribution in [0.3, 0.4) is 0 Å². The first-order valence-corrected chi connectivity index (χ1v) is 8.17. The number of hydrogen-bond donors (Lipinski definition) is 1. The molecule has 0 amide bonds. The maximum Gasteiger partial charge on any atom is 0.123 e. The van der Waals surface area contributed by atoms with Crippen molar-refractivity contribution in [3.8, 4) is 0 Å². The zero-order chi connectivity index (χ0) is 15.2. The summed E-state index contributed by atoms with van der Waals surface area (Å²) >= 11 is 3.52. The molecule has 2 aromatic rings. The lowest BCUT2D eigenvalue weighted by atomic mass is 10.00. The molecule has 21 heavy (non-hydrogen) atoms. The van der Waals surface area contributed by atoms with Gasteiger partial charge in [-0.25, -0.2) is 4.39 Å². The minimum atomic E-state index is -0.188. The quantitative estimate of drug-likeness (QED) is 0.650. The van der Waals surface area contributed by atoms with Crippen LogP contribution in [0.1, 0.15) is 43.4 Å². The van der Waals surface area contributed by atoms with Gasteiger partial charge in [-0.05, 0) is 48.7 Å². The number of unbranched alkanes of at least 4 members (excludes halogenated alkanes) is 1. The third kappa shape index (κ3) is 4.57. The Bertz CT molecular complexity index is 580. The number of benzene rings is 2. The summed E-state index contributed by atoms with van der Waals surface area (Å²) in [5, 5.41) is 3.61. The topological polar surface area (TPSA) is 12.0 Å². The molecule has 2 aromatic carbocycles. The summed E-state index contributed by atoms with van der Waals surface area (Å²) < 4.78 is 14.2. The van der Waals surface area contributed by atoms with Crippen molar-refractivity contribution in [2.45, 2.75) is 39.2 Å². The van der Waals surface area contributed by atoms with E-state index in [2.05, 4.69) is 47.2 Å². The van der Waals surface area contributed by atoms with Crippen molar-refractivity contribution >= 4 is 21.6 Å². The lowest BCUT2D eigenvalue weighted by molar-refractivity contribution is 0.616. The highest BCUT2D eigenvalue weighted by Gasteiger charge is 2.12. The van der Waals surface area contributed by atoms with Gasteiger partial charge in [0.1, 0.15) is 5.82 Å². The first-order chi connectivity index (χ1) is 10.1. The SMILES string of the molecule is CCCCC(Nc1cc(Br)ccc1C)c1ccc(F)cc1. The van der Waals surface area contributed by atoms with Crippen molar-refractivity contribution < 1.29 is 4.39 Å². The molecule has 0 heterocycles. The van der Waals surface area contributed by atoms with E-state index in [0.29, 0.717) is 0 Å². The average Bonchev–Trinajstić information content (AvgIpc) is 2.48. The van der Waals surface area contributed by atoms with Gasteiger partial charge in [0.05, 0.1) is 6.04 Å². The summed E-state index contributed by atoms with van der Waals surface area (Å²) in [4.78, 5) is 0. The largest absolute Gasteiger partial charge is 0.378 e. The molecule has 0 bridgehead atoms. The molecule has 112 valence electrons. The molecule has 0 aliphatic carbocycles. The summed E-state index contributed by atoms with van der Waals surface area (Å²) in [5.41, 5.74) is 3.46. The van der Waals surface area contributed by atoms with E-state index in [1.54, 1.807) is 0 Å². The van der Waals surface area contributed by atoms with Crippen LogP contribution < -0.4 is 5.32 Å². The Morgan fingerprint density at radius 2 is 1.86 bits per heavy atom. The molecule has 1 nitrogen and oxygen atoms in total. The first-order valence-electron chi connectivity index (χ1n) is 7.38. The number of hydrogen-bond acceptors (Lipinski definition) is 1. The maximum atomic E-state index is 13.1. The van der Waals surface area contributed by atoms with Crippen molar-refractivity contribution in [3.05, 3.63) is 63.9 Å². The second-order valence-electron chi connectivity index (χ2n) is 5.35. The highest BCUT2D eigenvalue weighted by molar-refractivity contribution is 9.10. The van der Waals surface area contributed by atoms with E-state index >= 15 is 0 Å². The summed E-state index contributed by atoms with van der Waals surface area (Å²) in [6.07, 6.45) is 3.33. The number of anilines is 1. The van der Waals surface area contributed by atoms with Gasteiger partial charge >= 0.3 is 0 Å². The van der Waals surface area contributed by atoms with E-state index in [1.165, 1.54) is 17.7 Å². The van der Waals surface area contributed by atoms with Gasteiger partial charge in [0.15, 0.2) is 0 Å². The Hall–Kier alpha value is -1.35. The van der Waals surface area contributed by atoms with E-state index in [4.69, 9.17) is 0 Å². The van der Waals surface area contributed by atoms with Crippen LogP contribution in [0.2, 0.25) is 0 Å². The van der Waals surface area contributed by atoms with Gasteiger partial charge in [-0.2, -0.15) is 0 Å². The van der Waals surface area contributed by atoms with Gasteiger partial charge in [0, 0.05) is 10.2 Å². The van der Waals surface area contributed by atoms with E-state index in [0.717, 1.165) is 35.0 Å². The van der Waals surface area contributed by atoms with Crippen molar-refractivity contribution in [2.24, 2.45) is 0 Å². The van der Waals surface area contributed by atoms with Crippen LogP contribution in [-0.2, 0) is 0 Å². The van der Waals surface area contributed by atoms with Gasteiger partial charge in [-0.15, -0.1) is 0 Å². The molecule has 0 aromatic heterocycles. The van der Waals surface area contributed by atoms with E-state index in [1.807, 2.05) is 18.2 Å². The lowest BCUT2D eigenvalue weighted by Crippen LogP contribution is -2.11. The molecule has 1 N–H and O–H groups in total.